The SMILES string of the molecule is CNCC1CCCN(C(=O)C2CC(=O)N(c3ccc(F)cc3F)C2)C1. The van der Waals surface area contributed by atoms with Gasteiger partial charge in [0.2, 0.25) is 11.8 Å². The number of rotatable bonds is 4. The molecule has 5 nitrogen and oxygen atoms in total. The molecule has 25 heavy (non-hydrogen) atoms. The van der Waals surface area contributed by atoms with Gasteiger partial charge in [0.15, 0.2) is 0 Å². The molecule has 3 rings (SSSR count). The van der Waals surface area contributed by atoms with Crippen LogP contribution >= 0.6 is 0 Å². The van der Waals surface area contributed by atoms with Crippen molar-refractivity contribution in [3.05, 3.63) is 29.8 Å². The molecule has 1 N–H and O–H groups in total. The van der Waals surface area contributed by atoms with Crippen molar-refractivity contribution in [2.24, 2.45) is 11.8 Å². The van der Waals surface area contributed by atoms with Crippen molar-refractivity contribution in [2.45, 2.75) is 19.3 Å². The first-order valence-corrected chi connectivity index (χ1v) is 8.68. The number of carbonyl (C=O) groups excluding carboxylic acids is 2. The summed E-state index contributed by atoms with van der Waals surface area (Å²) < 4.78 is 27.0. The third-order valence-electron chi connectivity index (χ3n) is 5.00. The van der Waals surface area contributed by atoms with Crippen molar-refractivity contribution in [3.63, 3.8) is 0 Å². The van der Waals surface area contributed by atoms with Gasteiger partial charge in [-0.05, 0) is 44.5 Å². The molecule has 0 spiro atoms. The molecular formula is C18H23F2N3O2. The van der Waals surface area contributed by atoms with E-state index in [4.69, 9.17) is 0 Å². The van der Waals surface area contributed by atoms with Crippen LogP contribution in [0.15, 0.2) is 18.2 Å². The number of carbonyl (C=O) groups is 2. The molecule has 7 heteroatoms. The summed E-state index contributed by atoms with van der Waals surface area (Å²) in [6, 6.07) is 3.12. The van der Waals surface area contributed by atoms with Crippen molar-refractivity contribution in [1.29, 1.82) is 0 Å². The van der Waals surface area contributed by atoms with Gasteiger partial charge < -0.3 is 15.1 Å². The van der Waals surface area contributed by atoms with Crippen LogP contribution in [0.1, 0.15) is 19.3 Å². The van der Waals surface area contributed by atoms with Crippen LogP contribution in [0, 0.1) is 23.5 Å². The van der Waals surface area contributed by atoms with Crippen LogP contribution in [0.2, 0.25) is 0 Å². The molecule has 2 fully saturated rings. The second kappa shape index (κ2) is 7.47. The molecule has 2 saturated heterocycles. The summed E-state index contributed by atoms with van der Waals surface area (Å²) in [5.41, 5.74) is 0.0356. The first-order chi connectivity index (χ1) is 12.0. The van der Waals surface area contributed by atoms with Gasteiger partial charge in [-0.1, -0.05) is 0 Å². The van der Waals surface area contributed by atoms with Crippen LogP contribution in [-0.4, -0.2) is 49.9 Å². The smallest absolute Gasteiger partial charge is 0.228 e. The second-order valence-corrected chi connectivity index (χ2v) is 6.85. The molecule has 0 bridgehead atoms. The largest absolute Gasteiger partial charge is 0.342 e. The zero-order valence-electron chi connectivity index (χ0n) is 14.3. The van der Waals surface area contributed by atoms with E-state index in [2.05, 4.69) is 5.32 Å². The summed E-state index contributed by atoms with van der Waals surface area (Å²) in [7, 11) is 1.89. The lowest BCUT2D eigenvalue weighted by Crippen LogP contribution is -2.45. The lowest BCUT2D eigenvalue weighted by atomic mass is 9.96. The fraction of sp³-hybridized carbons (Fsp3) is 0.556. The Morgan fingerprint density at radius 3 is 2.84 bits per heavy atom. The van der Waals surface area contributed by atoms with Crippen molar-refractivity contribution in [3.8, 4) is 0 Å². The van der Waals surface area contributed by atoms with Gasteiger partial charge in [-0.3, -0.25) is 9.59 Å². The predicted octanol–water partition coefficient (Wildman–Crippen LogP) is 1.78. The average molecular weight is 351 g/mol. The lowest BCUT2D eigenvalue weighted by Gasteiger charge is -2.34. The molecule has 136 valence electrons. The highest BCUT2D eigenvalue weighted by Crippen LogP contribution is 2.29. The Kier molecular flexibility index (Phi) is 5.32. The fourth-order valence-corrected chi connectivity index (χ4v) is 3.78. The Morgan fingerprint density at radius 1 is 1.32 bits per heavy atom. The first kappa shape index (κ1) is 17.8. The maximum absolute atomic E-state index is 14.0. The van der Waals surface area contributed by atoms with Crippen molar-refractivity contribution in [1.82, 2.24) is 10.2 Å². The van der Waals surface area contributed by atoms with E-state index in [1.54, 1.807) is 0 Å². The monoisotopic (exact) mass is 351 g/mol. The molecule has 2 atom stereocenters. The minimum absolute atomic E-state index is 0.0356. The summed E-state index contributed by atoms with van der Waals surface area (Å²) in [4.78, 5) is 28.1. The summed E-state index contributed by atoms with van der Waals surface area (Å²) in [6.45, 7) is 2.40. The molecule has 0 saturated carbocycles. The Balaban J connectivity index is 1.68. The molecule has 0 aliphatic carbocycles. The van der Waals surface area contributed by atoms with Crippen molar-refractivity contribution >= 4 is 17.5 Å². The number of anilines is 1. The molecule has 2 aliphatic rings. The van der Waals surface area contributed by atoms with E-state index in [0.717, 1.165) is 31.5 Å². The maximum atomic E-state index is 14.0. The molecule has 2 aliphatic heterocycles. The van der Waals surface area contributed by atoms with E-state index < -0.39 is 17.6 Å². The van der Waals surface area contributed by atoms with Crippen LogP contribution in [-0.2, 0) is 9.59 Å². The molecule has 0 radical (unpaired) electrons. The minimum atomic E-state index is -0.784. The summed E-state index contributed by atoms with van der Waals surface area (Å²) in [5, 5.41) is 3.14. The molecule has 1 aromatic carbocycles. The number of amides is 2. The van der Waals surface area contributed by atoms with E-state index >= 15 is 0 Å². The van der Waals surface area contributed by atoms with Gasteiger partial charge >= 0.3 is 0 Å². The van der Waals surface area contributed by atoms with Crippen LogP contribution in [0.5, 0.6) is 0 Å². The van der Waals surface area contributed by atoms with Crippen molar-refractivity contribution < 1.29 is 18.4 Å². The summed E-state index contributed by atoms with van der Waals surface area (Å²) in [5.74, 6) is -1.86. The number of likely N-dealkylation sites (tertiary alicyclic amines) is 1. The highest BCUT2D eigenvalue weighted by molar-refractivity contribution is 6.00. The van der Waals surface area contributed by atoms with E-state index in [9.17, 15) is 18.4 Å². The standard InChI is InChI=1S/C18H23F2N3O2/c1-21-9-12-3-2-6-22(10-12)18(25)13-7-17(24)23(11-13)16-5-4-14(19)8-15(16)20/h4-5,8,12-13,21H,2-3,6-7,9-11H2,1H3. The normalized spacial score (nSPS) is 24.0. The first-order valence-electron chi connectivity index (χ1n) is 8.68. The number of piperidine rings is 1. The Bertz CT molecular complexity index is 666. The van der Waals surface area contributed by atoms with Gasteiger partial charge in [0.25, 0.3) is 0 Å². The van der Waals surface area contributed by atoms with Crippen LogP contribution in [0.3, 0.4) is 0 Å². The number of benzene rings is 1. The molecular weight excluding hydrogens is 328 g/mol. The minimum Gasteiger partial charge on any atom is -0.342 e. The molecule has 2 unspecified atom stereocenters. The fourth-order valence-electron chi connectivity index (χ4n) is 3.78. The molecule has 0 aromatic heterocycles. The molecule has 1 aromatic rings. The number of halogens is 2. The second-order valence-electron chi connectivity index (χ2n) is 6.85. The van der Waals surface area contributed by atoms with E-state index in [0.29, 0.717) is 19.0 Å². The molecule has 2 heterocycles. The Morgan fingerprint density at radius 2 is 2.12 bits per heavy atom. The summed E-state index contributed by atoms with van der Waals surface area (Å²) in [6.07, 6.45) is 2.11. The maximum Gasteiger partial charge on any atom is 0.228 e. The Hall–Kier alpha value is -2.02. The zero-order chi connectivity index (χ0) is 18.0. The third-order valence-corrected chi connectivity index (χ3v) is 5.00. The summed E-state index contributed by atoms with van der Waals surface area (Å²) >= 11 is 0. The van der Waals surface area contributed by atoms with Crippen LogP contribution in [0.25, 0.3) is 0 Å². The average Bonchev–Trinajstić information content (AvgIpc) is 2.96. The predicted molar refractivity (Wildman–Crippen MR) is 90.0 cm³/mol. The molecule has 2 amide bonds. The number of nitrogens with zero attached hydrogens (tertiary/aromatic N) is 2. The lowest BCUT2D eigenvalue weighted by molar-refractivity contribution is -0.137. The van der Waals surface area contributed by atoms with Crippen LogP contribution < -0.4 is 10.2 Å². The number of nitrogens with one attached hydrogen (secondary N) is 1. The van der Waals surface area contributed by atoms with E-state index in [-0.39, 0.29) is 30.5 Å². The zero-order valence-corrected chi connectivity index (χ0v) is 14.3. The van der Waals surface area contributed by atoms with Gasteiger partial charge in [0, 0.05) is 32.1 Å². The van der Waals surface area contributed by atoms with Gasteiger partial charge in [-0.2, -0.15) is 0 Å². The van der Waals surface area contributed by atoms with Gasteiger partial charge in [-0.15, -0.1) is 0 Å². The van der Waals surface area contributed by atoms with Gasteiger partial charge in [-0.25, -0.2) is 8.78 Å². The quantitative estimate of drug-likeness (QED) is 0.900. The highest BCUT2D eigenvalue weighted by atomic mass is 19.1. The topological polar surface area (TPSA) is 52.7 Å². The number of hydrogen-bond donors (Lipinski definition) is 1. The van der Waals surface area contributed by atoms with Crippen molar-refractivity contribution in [2.75, 3.05) is 38.1 Å². The van der Waals surface area contributed by atoms with E-state index in [1.165, 1.54) is 11.0 Å². The highest BCUT2D eigenvalue weighted by Gasteiger charge is 2.39. The Labute approximate surface area is 146 Å². The van der Waals surface area contributed by atoms with Gasteiger partial charge in [0.05, 0.1) is 11.6 Å². The van der Waals surface area contributed by atoms with E-state index in [1.807, 2.05) is 11.9 Å². The third kappa shape index (κ3) is 3.81. The number of hydrogen-bond acceptors (Lipinski definition) is 3. The van der Waals surface area contributed by atoms with Crippen LogP contribution in [0.4, 0.5) is 14.5 Å². The van der Waals surface area contributed by atoms with Gasteiger partial charge in [0.1, 0.15) is 11.6 Å².